The summed E-state index contributed by atoms with van der Waals surface area (Å²) >= 11 is 4.16. The molecule has 1 aromatic carbocycles. The van der Waals surface area contributed by atoms with E-state index in [1.165, 1.54) is 46.3 Å². The zero-order valence-electron chi connectivity index (χ0n) is 15.7. The van der Waals surface area contributed by atoms with Crippen LogP contribution in [0, 0.1) is 0 Å². The second kappa shape index (κ2) is 7.97. The van der Waals surface area contributed by atoms with E-state index in [4.69, 9.17) is 5.84 Å². The summed E-state index contributed by atoms with van der Waals surface area (Å²) in [6.45, 7) is 1.49. The summed E-state index contributed by atoms with van der Waals surface area (Å²) in [5, 5.41) is 5.42. The van der Waals surface area contributed by atoms with Crippen molar-refractivity contribution in [1.29, 1.82) is 0 Å². The van der Waals surface area contributed by atoms with E-state index in [2.05, 4.69) is 9.97 Å². The molecule has 0 aliphatic rings. The van der Waals surface area contributed by atoms with Crippen LogP contribution in [0.2, 0.25) is 0 Å². The Morgan fingerprint density at radius 1 is 1.21 bits per heavy atom. The summed E-state index contributed by atoms with van der Waals surface area (Å²) in [5.74, 6) is 6.49. The van der Waals surface area contributed by atoms with Crippen molar-refractivity contribution in [3.8, 4) is 11.1 Å². The number of aromatic nitrogens is 3. The minimum absolute atomic E-state index is 0.0756. The maximum Gasteiger partial charge on any atom is 0.282 e. The number of fused-ring (bicyclic) bond motifs is 1. The maximum absolute atomic E-state index is 12.9. The molecular weight excluding hydrogens is 426 g/mol. The molecule has 0 aliphatic heterocycles. The van der Waals surface area contributed by atoms with Crippen molar-refractivity contribution >= 4 is 55.7 Å². The second-order valence-electron chi connectivity index (χ2n) is 6.25. The lowest BCUT2D eigenvalue weighted by molar-refractivity contribution is -0.116. The Kier molecular flexibility index (Phi) is 5.39. The third kappa shape index (κ3) is 3.78. The van der Waals surface area contributed by atoms with Gasteiger partial charge in [-0.3, -0.25) is 14.5 Å². The summed E-state index contributed by atoms with van der Waals surface area (Å²) in [5.41, 5.74) is 2.33. The predicted molar refractivity (Wildman–Crippen MR) is 120 cm³/mol. The number of amides is 1. The van der Waals surface area contributed by atoms with E-state index in [-0.39, 0.29) is 11.5 Å². The van der Waals surface area contributed by atoms with Crippen LogP contribution < -0.4 is 16.3 Å². The number of nitrogens with zero attached hydrogens (tertiary/aromatic N) is 4. The third-order valence-electron chi connectivity index (χ3n) is 4.34. The van der Waals surface area contributed by atoms with Crippen LogP contribution in [0.3, 0.4) is 0 Å². The van der Waals surface area contributed by atoms with Crippen LogP contribution in [0.25, 0.3) is 21.3 Å². The number of thiophene rings is 1. The second-order valence-corrected chi connectivity index (χ2v) is 8.89. The number of carbonyl (C=O) groups excluding carboxylic acids is 1. The first-order valence-corrected chi connectivity index (χ1v) is 11.4. The van der Waals surface area contributed by atoms with Crippen LogP contribution in [0.4, 0.5) is 5.13 Å². The van der Waals surface area contributed by atoms with Gasteiger partial charge in [0, 0.05) is 36.0 Å². The summed E-state index contributed by atoms with van der Waals surface area (Å²) in [7, 11) is 1.69. The van der Waals surface area contributed by atoms with Crippen molar-refractivity contribution < 1.29 is 4.79 Å². The molecule has 0 radical (unpaired) electrons. The largest absolute Gasteiger partial charge is 0.334 e. The van der Waals surface area contributed by atoms with Crippen molar-refractivity contribution in [2.75, 3.05) is 17.8 Å². The Hall–Kier alpha value is -2.69. The van der Waals surface area contributed by atoms with Gasteiger partial charge in [-0.15, -0.1) is 22.7 Å². The quantitative estimate of drug-likeness (QED) is 0.288. The summed E-state index contributed by atoms with van der Waals surface area (Å²) in [6, 6.07) is 9.72. The standard InChI is InChI=1S/C19H17N5O2S3/c1-11(25)23(2)18-21-13(8-28-18)9-29-19-22-16-15(17(26)24(19)20)14(10-27-16)12-6-4-3-5-7-12/h3-8,10H,9,20H2,1-2H3. The van der Waals surface area contributed by atoms with Gasteiger partial charge in [0.05, 0.1) is 11.1 Å². The van der Waals surface area contributed by atoms with E-state index in [1.54, 1.807) is 7.05 Å². The lowest BCUT2D eigenvalue weighted by Gasteiger charge is -2.09. The van der Waals surface area contributed by atoms with Crippen molar-refractivity contribution in [2.45, 2.75) is 17.8 Å². The highest BCUT2D eigenvalue weighted by atomic mass is 32.2. The molecular formula is C19H17N5O2S3. The van der Waals surface area contributed by atoms with Crippen molar-refractivity contribution in [2.24, 2.45) is 0 Å². The number of benzene rings is 1. The normalized spacial score (nSPS) is 11.1. The fraction of sp³-hybridized carbons (Fsp3) is 0.158. The molecule has 3 aromatic heterocycles. The molecule has 10 heteroatoms. The van der Waals surface area contributed by atoms with E-state index in [9.17, 15) is 9.59 Å². The zero-order valence-corrected chi connectivity index (χ0v) is 18.1. The van der Waals surface area contributed by atoms with Gasteiger partial charge in [0.15, 0.2) is 10.3 Å². The number of carbonyl (C=O) groups is 1. The zero-order chi connectivity index (χ0) is 20.5. The molecule has 4 aromatic rings. The van der Waals surface area contributed by atoms with E-state index in [0.717, 1.165) is 21.5 Å². The highest BCUT2D eigenvalue weighted by molar-refractivity contribution is 7.98. The minimum atomic E-state index is -0.270. The Balaban J connectivity index is 1.62. The molecule has 0 spiro atoms. The average Bonchev–Trinajstić information content (AvgIpc) is 3.37. The number of anilines is 1. The lowest BCUT2D eigenvalue weighted by Crippen LogP contribution is -2.29. The molecule has 0 unspecified atom stereocenters. The molecule has 0 saturated carbocycles. The molecule has 0 fully saturated rings. The van der Waals surface area contributed by atoms with Gasteiger partial charge in [-0.05, 0) is 5.56 Å². The van der Waals surface area contributed by atoms with Crippen molar-refractivity contribution in [1.82, 2.24) is 14.6 Å². The number of hydrogen-bond acceptors (Lipinski definition) is 8. The fourth-order valence-electron chi connectivity index (χ4n) is 2.71. The smallest absolute Gasteiger partial charge is 0.282 e. The molecule has 0 aliphatic carbocycles. The number of hydrogen-bond donors (Lipinski definition) is 1. The van der Waals surface area contributed by atoms with Crippen LogP contribution in [0.5, 0.6) is 0 Å². The molecule has 29 heavy (non-hydrogen) atoms. The highest BCUT2D eigenvalue weighted by Gasteiger charge is 2.17. The molecule has 4 rings (SSSR count). The molecule has 0 bridgehead atoms. The molecule has 148 valence electrons. The van der Waals surface area contributed by atoms with Gasteiger partial charge in [-0.25, -0.2) is 14.6 Å². The first-order chi connectivity index (χ1) is 14.0. The Bertz CT molecular complexity index is 1250. The molecule has 0 saturated heterocycles. The Labute approximate surface area is 178 Å². The Morgan fingerprint density at radius 2 is 1.97 bits per heavy atom. The van der Waals surface area contributed by atoms with E-state index >= 15 is 0 Å². The van der Waals surface area contributed by atoms with Gasteiger partial charge in [0.25, 0.3) is 5.56 Å². The minimum Gasteiger partial charge on any atom is -0.334 e. The van der Waals surface area contributed by atoms with Gasteiger partial charge in [0.1, 0.15) is 4.83 Å². The van der Waals surface area contributed by atoms with Gasteiger partial charge < -0.3 is 5.84 Å². The molecule has 3 heterocycles. The van der Waals surface area contributed by atoms with E-state index in [1.807, 2.05) is 41.1 Å². The molecule has 2 N–H and O–H groups in total. The van der Waals surface area contributed by atoms with Gasteiger partial charge in [-0.2, -0.15) is 0 Å². The topological polar surface area (TPSA) is 94.1 Å². The predicted octanol–water partition coefficient (Wildman–Crippen LogP) is 3.57. The van der Waals surface area contributed by atoms with E-state index < -0.39 is 0 Å². The lowest BCUT2D eigenvalue weighted by atomic mass is 10.1. The van der Waals surface area contributed by atoms with Gasteiger partial charge >= 0.3 is 0 Å². The van der Waals surface area contributed by atoms with E-state index in [0.29, 0.717) is 26.3 Å². The summed E-state index contributed by atoms with van der Waals surface area (Å²) in [4.78, 5) is 35.6. The van der Waals surface area contributed by atoms with Crippen molar-refractivity contribution in [3.63, 3.8) is 0 Å². The monoisotopic (exact) mass is 443 g/mol. The van der Waals surface area contributed by atoms with Crippen LogP contribution >= 0.6 is 34.4 Å². The highest BCUT2D eigenvalue weighted by Crippen LogP contribution is 2.32. The molecule has 0 atom stereocenters. The van der Waals surface area contributed by atoms with Crippen molar-refractivity contribution in [3.05, 3.63) is 57.1 Å². The first kappa shape index (κ1) is 19.6. The first-order valence-electron chi connectivity index (χ1n) is 8.62. The SMILES string of the molecule is CC(=O)N(C)c1nc(CSc2nc3scc(-c4ccccc4)c3c(=O)n2N)cs1. The molecule has 1 amide bonds. The summed E-state index contributed by atoms with van der Waals surface area (Å²) in [6.07, 6.45) is 0. The maximum atomic E-state index is 12.9. The number of thiazole rings is 1. The van der Waals surface area contributed by atoms with Crippen LogP contribution in [-0.2, 0) is 10.5 Å². The molecule has 7 nitrogen and oxygen atoms in total. The van der Waals surface area contributed by atoms with Gasteiger partial charge in [0.2, 0.25) is 5.91 Å². The van der Waals surface area contributed by atoms with Crippen LogP contribution in [0.15, 0.2) is 51.0 Å². The third-order valence-corrected chi connectivity index (χ3v) is 7.16. The number of nitrogen functional groups attached to an aromatic ring is 1. The average molecular weight is 444 g/mol. The number of rotatable bonds is 5. The fourth-order valence-corrected chi connectivity index (χ4v) is 5.44. The van der Waals surface area contributed by atoms with Gasteiger partial charge in [-0.1, -0.05) is 42.1 Å². The number of thioether (sulfide) groups is 1. The summed E-state index contributed by atoms with van der Waals surface area (Å²) < 4.78 is 1.10. The number of nitrogens with two attached hydrogens (primary N) is 1. The Morgan fingerprint density at radius 3 is 2.69 bits per heavy atom. The van der Waals surface area contributed by atoms with Crippen LogP contribution in [-0.4, -0.2) is 27.6 Å². The van der Waals surface area contributed by atoms with Crippen LogP contribution in [0.1, 0.15) is 12.6 Å².